The molecular weight excluding hydrogens is 108 g/mol. The maximum absolute atomic E-state index is 3.63. The van der Waals surface area contributed by atoms with Gasteiger partial charge in [0.05, 0.1) is 0 Å². The summed E-state index contributed by atoms with van der Waals surface area (Å²) in [7, 11) is 0. The third-order valence-electron chi connectivity index (χ3n) is 0.541. The summed E-state index contributed by atoms with van der Waals surface area (Å²) in [6.45, 7) is 3.38. The van der Waals surface area contributed by atoms with Crippen LogP contribution in [0.5, 0.6) is 0 Å². The number of hydrogen-bond acceptors (Lipinski definition) is 3. The van der Waals surface area contributed by atoms with Crippen molar-refractivity contribution in [2.24, 2.45) is 0 Å². The predicted octanol–water partition coefficient (Wildman–Crippen LogP) is 0.875. The first kappa shape index (κ1) is 4.46. The van der Waals surface area contributed by atoms with Crippen molar-refractivity contribution in [3.8, 4) is 0 Å². The van der Waals surface area contributed by atoms with Crippen molar-refractivity contribution < 1.29 is 0 Å². The number of rotatable bonds is 1. The highest BCUT2D eigenvalue weighted by Gasteiger charge is 1.83. The van der Waals surface area contributed by atoms with E-state index in [0.717, 1.165) is 5.69 Å². The van der Waals surface area contributed by atoms with Crippen LogP contribution in [0.15, 0.2) is 12.0 Å². The molecule has 1 aromatic rings. The molecule has 0 aliphatic rings. The van der Waals surface area contributed by atoms with E-state index in [9.17, 15) is 0 Å². The molecule has 2 nitrogen and oxygen atoms in total. The van der Waals surface area contributed by atoms with Gasteiger partial charge in [-0.05, 0) is 11.5 Å². The highest BCUT2D eigenvalue weighted by molar-refractivity contribution is 7.03. The summed E-state index contributed by atoms with van der Waals surface area (Å²) in [6, 6.07) is 0. The Morgan fingerprint density at radius 2 is 2.71 bits per heavy atom. The topological polar surface area (TPSA) is 25.8 Å². The van der Waals surface area contributed by atoms with Gasteiger partial charge in [0.25, 0.3) is 0 Å². The largest absolute Gasteiger partial charge is 0.138 e. The van der Waals surface area contributed by atoms with Crippen LogP contribution >= 0.6 is 11.5 Å². The van der Waals surface area contributed by atoms with Gasteiger partial charge >= 0.3 is 0 Å². The summed E-state index contributed by atoms with van der Waals surface area (Å²) in [4.78, 5) is 0. The predicted molar refractivity (Wildman–Crippen MR) is 27.9 cm³/mol. The smallest absolute Gasteiger partial charge is 0.105 e. The fourth-order valence-electron chi connectivity index (χ4n) is 0.242. The Labute approximate surface area is 45.7 Å². The van der Waals surface area contributed by atoms with E-state index in [0.29, 0.717) is 0 Å². The van der Waals surface area contributed by atoms with Crippen molar-refractivity contribution in [2.75, 3.05) is 0 Å². The molecule has 0 fully saturated rings. The van der Waals surface area contributed by atoms with E-state index in [-0.39, 0.29) is 0 Å². The second-order valence-corrected chi connectivity index (χ2v) is 1.58. The van der Waals surface area contributed by atoms with Crippen molar-refractivity contribution in [3.63, 3.8) is 0 Å². The molecule has 3 heteroatoms. The Balaban J connectivity index is 2.96. The van der Waals surface area contributed by atoms with Crippen LogP contribution in [0.4, 0.5) is 0 Å². The van der Waals surface area contributed by atoms with Crippen molar-refractivity contribution in [1.29, 1.82) is 0 Å². The van der Waals surface area contributed by atoms with E-state index in [2.05, 4.69) is 22.2 Å². The maximum Gasteiger partial charge on any atom is 0.105 e. The summed E-state index contributed by atoms with van der Waals surface area (Å²) in [5, 5.41) is 5.41. The van der Waals surface area contributed by atoms with Crippen molar-refractivity contribution in [1.82, 2.24) is 9.59 Å². The minimum absolute atomic E-state index is 0.727. The Morgan fingerprint density at radius 1 is 1.86 bits per heavy atom. The number of aromatic nitrogens is 2. The molecule has 7 heavy (non-hydrogen) atoms. The van der Waals surface area contributed by atoms with Crippen LogP contribution in [0.1, 0.15) is 5.69 Å². The fourth-order valence-corrected chi connectivity index (χ4v) is 0.654. The van der Waals surface area contributed by atoms with E-state index in [1.165, 1.54) is 11.5 Å². The average Bonchev–Trinajstić information content (AvgIpc) is 2.14. The molecule has 0 amide bonds. The van der Waals surface area contributed by atoms with Crippen LogP contribution in [0.3, 0.4) is 0 Å². The van der Waals surface area contributed by atoms with E-state index < -0.39 is 0 Å². The van der Waals surface area contributed by atoms with E-state index >= 15 is 0 Å². The van der Waals surface area contributed by atoms with Gasteiger partial charge in [0.15, 0.2) is 0 Å². The zero-order valence-corrected chi connectivity index (χ0v) is 4.40. The Hall–Kier alpha value is -0.700. The Bertz CT molecular complexity index is 145. The molecule has 1 aromatic heterocycles. The number of hydrogen-bond donors (Lipinski definition) is 0. The van der Waals surface area contributed by atoms with Crippen LogP contribution in [0.2, 0.25) is 0 Å². The molecule has 0 atom stereocenters. The lowest BCUT2D eigenvalue weighted by molar-refractivity contribution is 1.12. The molecule has 0 aromatic carbocycles. The minimum Gasteiger partial charge on any atom is -0.138 e. The van der Waals surface area contributed by atoms with Crippen molar-refractivity contribution in [2.45, 2.75) is 0 Å². The molecule has 1 rings (SSSR count). The quantitative estimate of drug-likeness (QED) is 0.537. The Morgan fingerprint density at radius 3 is 3.00 bits per heavy atom. The highest BCUT2D eigenvalue weighted by atomic mass is 32.1. The van der Waals surface area contributed by atoms with E-state index in [1.807, 2.05) is 0 Å². The third-order valence-corrected chi connectivity index (χ3v) is 1.05. The molecule has 0 saturated carbocycles. The first-order chi connectivity index (χ1) is 3.43. The Kier molecular flexibility index (Phi) is 1.17. The lowest BCUT2D eigenvalue weighted by Crippen LogP contribution is -1.68. The van der Waals surface area contributed by atoms with Gasteiger partial charge in [-0.15, -0.1) is 5.10 Å². The SMILES string of the molecule is C=[C]c1csnn1. The molecule has 0 unspecified atom stereocenters. The first-order valence-electron chi connectivity index (χ1n) is 1.73. The first-order valence-corrected chi connectivity index (χ1v) is 2.57. The van der Waals surface area contributed by atoms with Crippen molar-refractivity contribution in [3.05, 3.63) is 23.7 Å². The van der Waals surface area contributed by atoms with Gasteiger partial charge in [0.1, 0.15) is 5.69 Å². The van der Waals surface area contributed by atoms with Gasteiger partial charge in [-0.2, -0.15) is 0 Å². The molecule has 1 radical (unpaired) electrons. The van der Waals surface area contributed by atoms with Gasteiger partial charge in [-0.3, -0.25) is 0 Å². The molecule has 1 heterocycles. The summed E-state index contributed by atoms with van der Waals surface area (Å²) in [6.07, 6.45) is 2.59. The molecular formula is C4H3N2S. The summed E-state index contributed by atoms with van der Waals surface area (Å²) in [5.74, 6) is 0. The maximum atomic E-state index is 3.63. The second-order valence-electron chi connectivity index (χ2n) is 0.967. The number of nitrogens with zero attached hydrogens (tertiary/aromatic N) is 2. The standard InChI is InChI=1S/C4H3N2S/c1-2-4-3-7-6-5-4/h3H,1H2. The molecule has 0 aliphatic carbocycles. The lowest BCUT2D eigenvalue weighted by atomic mass is 10.5. The van der Waals surface area contributed by atoms with E-state index in [1.54, 1.807) is 5.38 Å². The normalized spacial score (nSPS) is 8.57. The van der Waals surface area contributed by atoms with Gasteiger partial charge < -0.3 is 0 Å². The highest BCUT2D eigenvalue weighted by Crippen LogP contribution is 1.93. The fraction of sp³-hybridized carbons (Fsp3) is 0. The third kappa shape index (κ3) is 0.838. The molecule has 0 N–H and O–H groups in total. The van der Waals surface area contributed by atoms with Gasteiger partial charge in [0.2, 0.25) is 0 Å². The summed E-state index contributed by atoms with van der Waals surface area (Å²) >= 11 is 1.30. The molecule has 0 spiro atoms. The molecule has 0 bridgehead atoms. The van der Waals surface area contributed by atoms with Crippen molar-refractivity contribution >= 4 is 11.5 Å². The second kappa shape index (κ2) is 1.84. The van der Waals surface area contributed by atoms with Crippen LogP contribution in [-0.4, -0.2) is 9.59 Å². The summed E-state index contributed by atoms with van der Waals surface area (Å²) < 4.78 is 3.58. The van der Waals surface area contributed by atoms with Gasteiger partial charge in [-0.1, -0.05) is 11.1 Å². The van der Waals surface area contributed by atoms with Crippen LogP contribution in [0, 0.1) is 6.08 Å². The van der Waals surface area contributed by atoms with Crippen LogP contribution in [-0.2, 0) is 0 Å². The van der Waals surface area contributed by atoms with Crippen LogP contribution < -0.4 is 0 Å². The molecule has 0 aliphatic heterocycles. The van der Waals surface area contributed by atoms with Gasteiger partial charge in [0, 0.05) is 11.5 Å². The zero-order valence-electron chi connectivity index (χ0n) is 3.59. The summed E-state index contributed by atoms with van der Waals surface area (Å²) in [5.41, 5.74) is 0.727. The van der Waals surface area contributed by atoms with Gasteiger partial charge in [-0.25, -0.2) is 0 Å². The average molecular weight is 111 g/mol. The molecule has 35 valence electrons. The monoisotopic (exact) mass is 111 g/mol. The lowest BCUT2D eigenvalue weighted by Gasteiger charge is -1.65. The van der Waals surface area contributed by atoms with Crippen LogP contribution in [0.25, 0.3) is 0 Å². The van der Waals surface area contributed by atoms with E-state index in [4.69, 9.17) is 0 Å². The zero-order chi connectivity index (χ0) is 5.11. The minimum atomic E-state index is 0.727. The molecule has 0 saturated heterocycles.